The summed E-state index contributed by atoms with van der Waals surface area (Å²) in [7, 11) is 1.54. The molecule has 184 valence electrons. The topological polar surface area (TPSA) is 69.0 Å². The lowest BCUT2D eigenvalue weighted by atomic mass is 9.97. The van der Waals surface area contributed by atoms with E-state index in [0.717, 1.165) is 24.5 Å². The molecule has 1 aliphatic rings. The minimum atomic E-state index is -0.794. The molecule has 0 N–H and O–H groups in total. The normalized spacial score (nSPS) is 14.8. The van der Waals surface area contributed by atoms with E-state index in [-0.39, 0.29) is 22.3 Å². The smallest absolute Gasteiger partial charge is 0.295 e. The van der Waals surface area contributed by atoms with Crippen LogP contribution in [0.15, 0.2) is 69.9 Å². The molecule has 2 heterocycles. The van der Waals surface area contributed by atoms with Crippen molar-refractivity contribution in [2.75, 3.05) is 18.6 Å². The third-order valence-electron chi connectivity index (χ3n) is 6.40. The Hall–Kier alpha value is -4.13. The number of nitrogens with zero attached hydrogens (tertiary/aromatic N) is 1. The van der Waals surface area contributed by atoms with E-state index >= 15 is 0 Å². The van der Waals surface area contributed by atoms with Crippen LogP contribution in [-0.2, 0) is 0 Å². The summed E-state index contributed by atoms with van der Waals surface area (Å²) in [5.74, 6) is 0.0240. The van der Waals surface area contributed by atoms with Gasteiger partial charge in [0, 0.05) is 5.69 Å². The minimum absolute atomic E-state index is 0.0491. The van der Waals surface area contributed by atoms with E-state index in [4.69, 9.17) is 13.9 Å². The monoisotopic (exact) mass is 487 g/mol. The Kier molecular flexibility index (Phi) is 6.22. The Morgan fingerprint density at radius 2 is 1.78 bits per heavy atom. The second kappa shape index (κ2) is 9.49. The van der Waals surface area contributed by atoms with Crippen LogP contribution >= 0.6 is 0 Å². The Bertz CT molecular complexity index is 1510. The first-order chi connectivity index (χ1) is 17.4. The van der Waals surface area contributed by atoms with Crippen molar-refractivity contribution in [3.63, 3.8) is 0 Å². The van der Waals surface area contributed by atoms with Crippen LogP contribution in [0.25, 0.3) is 11.0 Å². The fourth-order valence-corrected chi connectivity index (χ4v) is 4.53. The van der Waals surface area contributed by atoms with E-state index in [9.17, 15) is 14.0 Å². The first-order valence-electron chi connectivity index (χ1n) is 11.9. The third kappa shape index (κ3) is 4.00. The van der Waals surface area contributed by atoms with Crippen molar-refractivity contribution in [3.05, 3.63) is 99.2 Å². The van der Waals surface area contributed by atoms with E-state index in [1.54, 1.807) is 19.2 Å². The molecule has 7 heteroatoms. The number of fused-ring (bicyclic) bond motifs is 2. The molecular weight excluding hydrogens is 461 g/mol. The zero-order valence-corrected chi connectivity index (χ0v) is 20.3. The average Bonchev–Trinajstić information content (AvgIpc) is 3.17. The Morgan fingerprint density at radius 1 is 1.00 bits per heavy atom. The second-order valence-electron chi connectivity index (χ2n) is 8.84. The SMILES string of the molecule is CCCCOc1ccc(C2c3c(oc4ccc(F)cc4c3=O)C(=O)N2c2ccc(C)cc2)cc1OC. The van der Waals surface area contributed by atoms with Crippen LogP contribution < -0.4 is 19.8 Å². The number of hydrogen-bond acceptors (Lipinski definition) is 5. The van der Waals surface area contributed by atoms with E-state index in [1.165, 1.54) is 17.0 Å². The third-order valence-corrected chi connectivity index (χ3v) is 6.40. The van der Waals surface area contributed by atoms with Gasteiger partial charge in [0.25, 0.3) is 5.91 Å². The van der Waals surface area contributed by atoms with Crippen LogP contribution in [0.1, 0.15) is 53.1 Å². The fraction of sp³-hybridized carbons (Fsp3) is 0.241. The molecule has 4 aromatic rings. The number of rotatable bonds is 7. The predicted octanol–water partition coefficient (Wildman–Crippen LogP) is 6.18. The highest BCUT2D eigenvalue weighted by atomic mass is 19.1. The number of halogens is 1. The summed E-state index contributed by atoms with van der Waals surface area (Å²) in [6.45, 7) is 4.59. The maximum Gasteiger partial charge on any atom is 0.295 e. The van der Waals surface area contributed by atoms with E-state index in [2.05, 4.69) is 6.92 Å². The molecule has 0 saturated carbocycles. The standard InChI is InChI=1S/C29H26FNO5/c1-4-5-14-35-23-12-8-18(15-24(23)34-3)26-25-27(32)21-16-19(30)9-13-22(21)36-28(25)29(33)31(26)20-10-6-17(2)7-11-20/h6-13,15-16,26H,4-5,14H2,1-3H3. The van der Waals surface area contributed by atoms with Crippen molar-refractivity contribution >= 4 is 22.6 Å². The summed E-state index contributed by atoms with van der Waals surface area (Å²) in [5, 5.41) is 0.0868. The lowest BCUT2D eigenvalue weighted by Crippen LogP contribution is -2.29. The van der Waals surface area contributed by atoms with E-state index in [0.29, 0.717) is 29.4 Å². The number of ether oxygens (including phenoxy) is 2. The molecule has 0 spiro atoms. The van der Waals surface area contributed by atoms with Crippen molar-refractivity contribution in [3.8, 4) is 11.5 Å². The average molecular weight is 488 g/mol. The van der Waals surface area contributed by atoms with Gasteiger partial charge in [-0.25, -0.2) is 4.39 Å². The number of benzene rings is 3. The molecule has 0 saturated heterocycles. The van der Waals surface area contributed by atoms with Gasteiger partial charge in [-0.05, 0) is 61.4 Å². The van der Waals surface area contributed by atoms with Gasteiger partial charge < -0.3 is 13.9 Å². The molecule has 0 bridgehead atoms. The number of amides is 1. The molecule has 36 heavy (non-hydrogen) atoms. The molecule has 3 aromatic carbocycles. The van der Waals surface area contributed by atoms with Gasteiger partial charge in [0.2, 0.25) is 5.76 Å². The summed E-state index contributed by atoms with van der Waals surface area (Å²) < 4.78 is 31.4. The number of anilines is 1. The molecular formula is C29H26FNO5. The van der Waals surface area contributed by atoms with Crippen LogP contribution in [0, 0.1) is 12.7 Å². The van der Waals surface area contributed by atoms with Gasteiger partial charge >= 0.3 is 0 Å². The lowest BCUT2D eigenvalue weighted by molar-refractivity contribution is 0.0971. The van der Waals surface area contributed by atoms with Crippen LogP contribution in [-0.4, -0.2) is 19.6 Å². The highest BCUT2D eigenvalue weighted by molar-refractivity contribution is 6.10. The number of hydrogen-bond donors (Lipinski definition) is 0. The van der Waals surface area contributed by atoms with Crippen molar-refractivity contribution in [1.82, 2.24) is 0 Å². The summed E-state index contributed by atoms with van der Waals surface area (Å²) in [5.41, 5.74) is 2.17. The van der Waals surface area contributed by atoms with Crippen LogP contribution in [0.5, 0.6) is 11.5 Å². The molecule has 0 radical (unpaired) electrons. The van der Waals surface area contributed by atoms with Gasteiger partial charge in [-0.3, -0.25) is 14.5 Å². The van der Waals surface area contributed by atoms with Gasteiger partial charge in [0.1, 0.15) is 11.4 Å². The zero-order valence-electron chi connectivity index (χ0n) is 20.3. The lowest BCUT2D eigenvalue weighted by Gasteiger charge is -2.26. The van der Waals surface area contributed by atoms with E-state index < -0.39 is 23.2 Å². The molecule has 6 nitrogen and oxygen atoms in total. The van der Waals surface area contributed by atoms with Crippen LogP contribution in [0.2, 0.25) is 0 Å². The van der Waals surface area contributed by atoms with Gasteiger partial charge in [-0.2, -0.15) is 0 Å². The highest BCUT2D eigenvalue weighted by Gasteiger charge is 2.44. The highest BCUT2D eigenvalue weighted by Crippen LogP contribution is 2.43. The number of carbonyl (C=O) groups excluding carboxylic acids is 1. The van der Waals surface area contributed by atoms with Crippen molar-refractivity contribution in [2.24, 2.45) is 0 Å². The number of aryl methyl sites for hydroxylation is 1. The molecule has 5 rings (SSSR count). The molecule has 0 aliphatic carbocycles. The molecule has 1 amide bonds. The molecule has 0 fully saturated rings. The molecule has 1 unspecified atom stereocenters. The summed E-state index contributed by atoms with van der Waals surface area (Å²) in [6.07, 6.45) is 1.90. The largest absolute Gasteiger partial charge is 0.493 e. The first kappa shape index (κ1) is 23.6. The van der Waals surface area contributed by atoms with Gasteiger partial charge in [-0.1, -0.05) is 37.1 Å². The van der Waals surface area contributed by atoms with Crippen molar-refractivity contribution in [1.29, 1.82) is 0 Å². The fourth-order valence-electron chi connectivity index (χ4n) is 4.53. The summed E-state index contributed by atoms with van der Waals surface area (Å²) in [4.78, 5) is 28.9. The van der Waals surface area contributed by atoms with Crippen molar-refractivity contribution < 1.29 is 23.1 Å². The van der Waals surface area contributed by atoms with Crippen molar-refractivity contribution in [2.45, 2.75) is 32.7 Å². The number of carbonyl (C=O) groups is 1. The Morgan fingerprint density at radius 3 is 2.50 bits per heavy atom. The maximum atomic E-state index is 14.0. The summed E-state index contributed by atoms with van der Waals surface area (Å²) in [6, 6.07) is 15.7. The Balaban J connectivity index is 1.71. The first-order valence-corrected chi connectivity index (χ1v) is 11.9. The molecule has 1 aromatic heterocycles. The quantitative estimate of drug-likeness (QED) is 0.291. The molecule has 1 aliphatic heterocycles. The summed E-state index contributed by atoms with van der Waals surface area (Å²) >= 11 is 0. The maximum absolute atomic E-state index is 14.0. The van der Waals surface area contributed by atoms with Gasteiger partial charge in [0.05, 0.1) is 30.7 Å². The zero-order chi connectivity index (χ0) is 25.4. The van der Waals surface area contributed by atoms with Gasteiger partial charge in [-0.15, -0.1) is 0 Å². The number of methoxy groups -OCH3 is 1. The predicted molar refractivity (Wildman–Crippen MR) is 136 cm³/mol. The molecule has 1 atom stereocenters. The second-order valence-corrected chi connectivity index (χ2v) is 8.84. The van der Waals surface area contributed by atoms with Crippen LogP contribution in [0.3, 0.4) is 0 Å². The number of unbranched alkanes of at least 4 members (excludes halogenated alkanes) is 1. The van der Waals surface area contributed by atoms with E-state index in [1.807, 2.05) is 37.3 Å². The van der Waals surface area contributed by atoms with Gasteiger partial charge in [0.15, 0.2) is 16.9 Å². The Labute approximate surface area is 207 Å². The van der Waals surface area contributed by atoms with Crippen LogP contribution in [0.4, 0.5) is 10.1 Å². The minimum Gasteiger partial charge on any atom is -0.493 e.